The second-order valence-electron chi connectivity index (χ2n) is 4.99. The van der Waals surface area contributed by atoms with E-state index in [9.17, 15) is 4.79 Å². The molecule has 0 aliphatic heterocycles. The van der Waals surface area contributed by atoms with Crippen molar-refractivity contribution in [3.8, 4) is 5.75 Å². The Hall–Kier alpha value is -2.40. The van der Waals surface area contributed by atoms with Crippen molar-refractivity contribution in [3.05, 3.63) is 70.2 Å². The van der Waals surface area contributed by atoms with E-state index in [4.69, 9.17) is 4.74 Å². The molecule has 0 aliphatic rings. The monoisotopic (exact) mass is 386 g/mol. The van der Waals surface area contributed by atoms with Crippen LogP contribution in [0.2, 0.25) is 0 Å². The summed E-state index contributed by atoms with van der Waals surface area (Å²) < 4.78 is 6.31. The predicted molar refractivity (Wildman–Crippen MR) is 101 cm³/mol. The predicted octanol–water partition coefficient (Wildman–Crippen LogP) is 4.21. The number of carbonyl (C=O) groups is 1. The van der Waals surface area contributed by atoms with Crippen molar-refractivity contribution in [1.29, 1.82) is 0 Å². The number of amides is 1. The van der Waals surface area contributed by atoms with E-state index in [1.165, 1.54) is 11.8 Å². The van der Waals surface area contributed by atoms with Gasteiger partial charge in [0.05, 0.1) is 4.47 Å². The van der Waals surface area contributed by atoms with Crippen LogP contribution in [0.25, 0.3) is 6.08 Å². The van der Waals surface area contributed by atoms with Gasteiger partial charge in [-0.1, -0.05) is 49.4 Å². The van der Waals surface area contributed by atoms with Crippen molar-refractivity contribution in [2.45, 2.75) is 13.3 Å². The molecule has 24 heavy (non-hydrogen) atoms. The van der Waals surface area contributed by atoms with Crippen LogP contribution in [-0.4, -0.2) is 18.7 Å². The number of allylic oxidation sites excluding steroid dienone is 1. The van der Waals surface area contributed by atoms with Crippen LogP contribution in [0.4, 0.5) is 0 Å². The maximum absolute atomic E-state index is 11.7. The van der Waals surface area contributed by atoms with E-state index in [0.717, 1.165) is 16.5 Å². The molecule has 124 valence electrons. The molecule has 0 saturated heterocycles. The number of hydrogen-bond donors (Lipinski definition) is 1. The van der Waals surface area contributed by atoms with Gasteiger partial charge in [-0.3, -0.25) is 4.79 Å². The number of aryl methyl sites for hydroxylation is 1. The lowest BCUT2D eigenvalue weighted by Gasteiger charge is -2.08. The number of nitrogens with one attached hydrogen (secondary N) is 1. The Labute approximate surface area is 150 Å². The highest BCUT2D eigenvalue weighted by Crippen LogP contribution is 2.26. The molecule has 0 bridgehead atoms. The van der Waals surface area contributed by atoms with Gasteiger partial charge in [0.15, 0.2) is 6.61 Å². The molecule has 0 atom stereocenters. The molecule has 1 N–H and O–H groups in total. The van der Waals surface area contributed by atoms with E-state index in [1.54, 1.807) is 6.08 Å². The number of benzene rings is 2. The molecule has 0 spiro atoms. The van der Waals surface area contributed by atoms with E-state index in [2.05, 4.69) is 33.4 Å². The van der Waals surface area contributed by atoms with Gasteiger partial charge in [-0.2, -0.15) is 5.10 Å². The summed E-state index contributed by atoms with van der Waals surface area (Å²) >= 11 is 3.44. The zero-order valence-electron chi connectivity index (χ0n) is 13.4. The summed E-state index contributed by atoms with van der Waals surface area (Å²) in [6, 6.07) is 15.7. The van der Waals surface area contributed by atoms with Gasteiger partial charge in [0, 0.05) is 6.21 Å². The summed E-state index contributed by atoms with van der Waals surface area (Å²) in [4.78, 5) is 11.7. The third-order valence-corrected chi connectivity index (χ3v) is 3.82. The van der Waals surface area contributed by atoms with Gasteiger partial charge in [-0.15, -0.1) is 0 Å². The smallest absolute Gasteiger partial charge is 0.277 e. The molecule has 0 aromatic heterocycles. The SMILES string of the molecule is CCc1ccc(OCC(=O)N/N=C/C=C/c2ccccc2)c(Br)c1. The van der Waals surface area contributed by atoms with E-state index in [-0.39, 0.29) is 12.5 Å². The van der Waals surface area contributed by atoms with Gasteiger partial charge < -0.3 is 4.74 Å². The number of hydrazone groups is 1. The minimum Gasteiger partial charge on any atom is -0.483 e. The number of hydrogen-bond acceptors (Lipinski definition) is 3. The lowest BCUT2D eigenvalue weighted by Crippen LogP contribution is -2.24. The van der Waals surface area contributed by atoms with Crippen molar-refractivity contribution in [1.82, 2.24) is 5.43 Å². The first kappa shape index (κ1) is 17.9. The van der Waals surface area contributed by atoms with Gasteiger partial charge in [0.2, 0.25) is 0 Å². The van der Waals surface area contributed by atoms with Gasteiger partial charge in [0.1, 0.15) is 5.75 Å². The fraction of sp³-hybridized carbons (Fsp3) is 0.158. The van der Waals surface area contributed by atoms with Gasteiger partial charge >= 0.3 is 0 Å². The van der Waals surface area contributed by atoms with Crippen LogP contribution in [0.1, 0.15) is 18.1 Å². The molecule has 2 aromatic carbocycles. The molecule has 0 radical (unpaired) electrons. The highest BCUT2D eigenvalue weighted by atomic mass is 79.9. The molecule has 0 saturated carbocycles. The summed E-state index contributed by atoms with van der Waals surface area (Å²) in [7, 11) is 0. The normalized spacial score (nSPS) is 11.1. The van der Waals surface area contributed by atoms with Crippen molar-refractivity contribution < 1.29 is 9.53 Å². The molecular formula is C19H19BrN2O2. The molecule has 2 rings (SSSR count). The first-order chi connectivity index (χ1) is 11.7. The Kier molecular flexibility index (Phi) is 7.23. The molecule has 0 unspecified atom stereocenters. The highest BCUT2D eigenvalue weighted by molar-refractivity contribution is 9.10. The molecule has 4 nitrogen and oxygen atoms in total. The first-order valence-electron chi connectivity index (χ1n) is 7.64. The molecule has 1 amide bonds. The van der Waals surface area contributed by atoms with Crippen LogP contribution in [0, 0.1) is 0 Å². The zero-order chi connectivity index (χ0) is 17.2. The van der Waals surface area contributed by atoms with E-state index >= 15 is 0 Å². The highest BCUT2D eigenvalue weighted by Gasteiger charge is 2.05. The maximum atomic E-state index is 11.7. The summed E-state index contributed by atoms with van der Waals surface area (Å²) in [5.41, 5.74) is 4.69. The lowest BCUT2D eigenvalue weighted by molar-refractivity contribution is -0.123. The van der Waals surface area contributed by atoms with Gasteiger partial charge in [-0.25, -0.2) is 5.43 Å². The Morgan fingerprint density at radius 1 is 1.25 bits per heavy atom. The largest absolute Gasteiger partial charge is 0.483 e. The summed E-state index contributed by atoms with van der Waals surface area (Å²) in [6.45, 7) is 1.99. The molecule has 0 heterocycles. The minimum atomic E-state index is -0.314. The second-order valence-corrected chi connectivity index (χ2v) is 5.84. The fourth-order valence-electron chi connectivity index (χ4n) is 1.93. The lowest BCUT2D eigenvalue weighted by atomic mass is 10.2. The van der Waals surface area contributed by atoms with Gasteiger partial charge in [0.25, 0.3) is 5.91 Å². The van der Waals surface area contributed by atoms with Crippen molar-refractivity contribution in [3.63, 3.8) is 0 Å². The first-order valence-corrected chi connectivity index (χ1v) is 8.43. The van der Waals surface area contributed by atoms with Crippen molar-refractivity contribution in [2.75, 3.05) is 6.61 Å². The average Bonchev–Trinajstić information content (AvgIpc) is 2.61. The number of nitrogens with zero attached hydrogens (tertiary/aromatic N) is 1. The second kappa shape index (κ2) is 9.67. The van der Waals surface area contributed by atoms with Crippen molar-refractivity contribution in [2.24, 2.45) is 5.10 Å². The number of halogens is 1. The summed E-state index contributed by atoms with van der Waals surface area (Å²) in [5, 5.41) is 3.85. The quantitative estimate of drug-likeness (QED) is 0.572. The molecular weight excluding hydrogens is 368 g/mol. The maximum Gasteiger partial charge on any atom is 0.277 e. The topological polar surface area (TPSA) is 50.7 Å². The number of rotatable bonds is 7. The average molecular weight is 387 g/mol. The Balaban J connectivity index is 1.75. The Morgan fingerprint density at radius 3 is 2.75 bits per heavy atom. The van der Waals surface area contributed by atoms with Crippen LogP contribution in [0.3, 0.4) is 0 Å². The number of ether oxygens (including phenoxy) is 1. The molecule has 0 fully saturated rings. The van der Waals surface area contributed by atoms with E-state index < -0.39 is 0 Å². The zero-order valence-corrected chi connectivity index (χ0v) is 15.0. The number of carbonyl (C=O) groups excluding carboxylic acids is 1. The fourth-order valence-corrected chi connectivity index (χ4v) is 2.47. The standard InChI is InChI=1S/C19H19BrN2O2/c1-2-15-10-11-18(17(20)13-15)24-14-19(23)22-21-12-6-9-16-7-4-3-5-8-16/h3-13H,2,14H2,1H3,(H,22,23)/b9-6+,21-12+. The van der Waals surface area contributed by atoms with Crippen molar-refractivity contribution >= 4 is 34.1 Å². The minimum absolute atomic E-state index is 0.0934. The van der Waals surface area contributed by atoms with E-state index in [0.29, 0.717) is 5.75 Å². The molecule has 0 aliphatic carbocycles. The van der Waals surface area contributed by atoms with Crippen LogP contribution in [-0.2, 0) is 11.2 Å². The van der Waals surface area contributed by atoms with Crippen LogP contribution in [0.15, 0.2) is 64.2 Å². The third-order valence-electron chi connectivity index (χ3n) is 3.20. The van der Waals surface area contributed by atoms with Crippen LogP contribution < -0.4 is 10.2 Å². The summed E-state index contributed by atoms with van der Waals surface area (Å²) in [5.74, 6) is 0.320. The summed E-state index contributed by atoms with van der Waals surface area (Å²) in [6.07, 6.45) is 6.14. The van der Waals surface area contributed by atoms with Gasteiger partial charge in [-0.05, 0) is 51.7 Å². The van der Waals surface area contributed by atoms with Crippen LogP contribution >= 0.6 is 15.9 Å². The molecule has 2 aromatic rings. The third kappa shape index (κ3) is 6.01. The Morgan fingerprint density at radius 2 is 2.04 bits per heavy atom. The Bertz CT molecular complexity index is 727. The molecule has 5 heteroatoms. The van der Waals surface area contributed by atoms with Crippen LogP contribution in [0.5, 0.6) is 5.75 Å². The van der Waals surface area contributed by atoms with E-state index in [1.807, 2.05) is 54.6 Å².